The number of esters is 1. The number of hydrogen-bond donors (Lipinski definition) is 1. The standard InChI is InChI=1S/C20H19NO4/c1-12(20(23)21-15-7-8-15)25-18(22)10-14-11-24-17-9-6-13-4-2-3-5-16(13)19(14)17/h2-6,9,11-12,15H,7-8,10H2,1H3,(H,21,23). The molecule has 5 nitrogen and oxygen atoms in total. The highest BCUT2D eigenvalue weighted by atomic mass is 16.5. The molecular weight excluding hydrogens is 318 g/mol. The van der Waals surface area contributed by atoms with Crippen molar-refractivity contribution in [2.75, 3.05) is 0 Å². The number of amides is 1. The summed E-state index contributed by atoms with van der Waals surface area (Å²) in [6.07, 6.45) is 2.87. The van der Waals surface area contributed by atoms with Gasteiger partial charge in [0.1, 0.15) is 5.58 Å². The number of ether oxygens (including phenoxy) is 1. The number of rotatable bonds is 5. The molecule has 1 heterocycles. The maximum Gasteiger partial charge on any atom is 0.311 e. The van der Waals surface area contributed by atoms with Gasteiger partial charge < -0.3 is 14.5 Å². The van der Waals surface area contributed by atoms with E-state index in [2.05, 4.69) is 5.32 Å². The van der Waals surface area contributed by atoms with Crippen LogP contribution in [0.5, 0.6) is 0 Å². The SMILES string of the molecule is CC(OC(=O)Cc1coc2ccc3ccccc3c12)C(=O)NC1CC1. The molecule has 1 fully saturated rings. The molecule has 1 amide bonds. The van der Waals surface area contributed by atoms with Gasteiger partial charge in [0, 0.05) is 17.0 Å². The molecule has 1 N–H and O–H groups in total. The van der Waals surface area contributed by atoms with Gasteiger partial charge in [0.15, 0.2) is 6.10 Å². The molecule has 3 aromatic rings. The molecular formula is C20H19NO4. The zero-order valence-corrected chi connectivity index (χ0v) is 14.0. The quantitative estimate of drug-likeness (QED) is 0.725. The van der Waals surface area contributed by atoms with Gasteiger partial charge in [-0.15, -0.1) is 0 Å². The Bertz CT molecular complexity index is 955. The number of hydrogen-bond acceptors (Lipinski definition) is 4. The molecule has 1 aromatic heterocycles. The second-order valence-electron chi connectivity index (χ2n) is 6.51. The molecule has 0 bridgehead atoms. The van der Waals surface area contributed by atoms with Crippen LogP contribution in [0.3, 0.4) is 0 Å². The Morgan fingerprint density at radius 3 is 2.84 bits per heavy atom. The average molecular weight is 337 g/mol. The van der Waals surface area contributed by atoms with Gasteiger partial charge in [-0.25, -0.2) is 0 Å². The lowest BCUT2D eigenvalue weighted by Gasteiger charge is -2.13. The van der Waals surface area contributed by atoms with Crippen molar-refractivity contribution < 1.29 is 18.7 Å². The Balaban J connectivity index is 1.53. The Morgan fingerprint density at radius 1 is 1.24 bits per heavy atom. The number of benzene rings is 2. The highest BCUT2D eigenvalue weighted by Crippen LogP contribution is 2.30. The first-order valence-corrected chi connectivity index (χ1v) is 8.49. The molecule has 5 heteroatoms. The highest BCUT2D eigenvalue weighted by Gasteiger charge is 2.27. The molecule has 0 radical (unpaired) electrons. The zero-order valence-electron chi connectivity index (χ0n) is 14.0. The minimum Gasteiger partial charge on any atom is -0.464 e. The normalized spacial score (nSPS) is 15.2. The monoisotopic (exact) mass is 337 g/mol. The first kappa shape index (κ1) is 15.7. The van der Waals surface area contributed by atoms with Gasteiger partial charge in [-0.05, 0) is 36.6 Å². The van der Waals surface area contributed by atoms with Crippen LogP contribution in [0.25, 0.3) is 21.7 Å². The van der Waals surface area contributed by atoms with Crippen molar-refractivity contribution in [3.05, 3.63) is 48.2 Å². The number of furan rings is 1. The largest absolute Gasteiger partial charge is 0.464 e. The first-order valence-electron chi connectivity index (χ1n) is 8.49. The van der Waals surface area contributed by atoms with E-state index >= 15 is 0 Å². The van der Waals surface area contributed by atoms with E-state index in [9.17, 15) is 9.59 Å². The van der Waals surface area contributed by atoms with Crippen molar-refractivity contribution in [1.82, 2.24) is 5.32 Å². The van der Waals surface area contributed by atoms with E-state index in [-0.39, 0.29) is 18.4 Å². The molecule has 1 unspecified atom stereocenters. The second kappa shape index (κ2) is 6.24. The van der Waals surface area contributed by atoms with Crippen LogP contribution in [-0.2, 0) is 20.7 Å². The molecule has 0 aliphatic heterocycles. The van der Waals surface area contributed by atoms with Crippen LogP contribution in [-0.4, -0.2) is 24.0 Å². The lowest BCUT2D eigenvalue weighted by molar-refractivity contribution is -0.154. The molecule has 2 aromatic carbocycles. The van der Waals surface area contributed by atoms with E-state index in [4.69, 9.17) is 9.15 Å². The number of carbonyl (C=O) groups is 2. The smallest absolute Gasteiger partial charge is 0.311 e. The third kappa shape index (κ3) is 3.22. The summed E-state index contributed by atoms with van der Waals surface area (Å²) in [5, 5.41) is 5.88. The second-order valence-corrected chi connectivity index (χ2v) is 6.51. The topological polar surface area (TPSA) is 68.5 Å². The van der Waals surface area contributed by atoms with Crippen molar-refractivity contribution in [3.8, 4) is 0 Å². The molecule has 4 rings (SSSR count). The van der Waals surface area contributed by atoms with E-state index in [1.807, 2.05) is 36.4 Å². The molecule has 128 valence electrons. The van der Waals surface area contributed by atoms with Crippen LogP contribution in [0.15, 0.2) is 47.1 Å². The van der Waals surface area contributed by atoms with Crippen molar-refractivity contribution in [3.63, 3.8) is 0 Å². The summed E-state index contributed by atoms with van der Waals surface area (Å²) >= 11 is 0. The van der Waals surface area contributed by atoms with E-state index < -0.39 is 12.1 Å². The lowest BCUT2D eigenvalue weighted by atomic mass is 10.0. The Hall–Kier alpha value is -2.82. The minimum atomic E-state index is -0.789. The molecule has 0 spiro atoms. The zero-order chi connectivity index (χ0) is 17.4. The van der Waals surface area contributed by atoms with Gasteiger partial charge in [-0.3, -0.25) is 9.59 Å². The summed E-state index contributed by atoms with van der Waals surface area (Å²) in [5.74, 6) is -0.674. The van der Waals surface area contributed by atoms with E-state index in [1.165, 1.54) is 0 Å². The molecule has 25 heavy (non-hydrogen) atoms. The van der Waals surface area contributed by atoms with Crippen LogP contribution >= 0.6 is 0 Å². The van der Waals surface area contributed by atoms with Crippen LogP contribution < -0.4 is 5.32 Å². The van der Waals surface area contributed by atoms with Crippen molar-refractivity contribution in [2.45, 2.75) is 38.3 Å². The summed E-state index contributed by atoms with van der Waals surface area (Å²) in [4.78, 5) is 24.2. The van der Waals surface area contributed by atoms with Crippen LogP contribution in [0.2, 0.25) is 0 Å². The molecule has 0 saturated heterocycles. The van der Waals surface area contributed by atoms with Gasteiger partial charge in [0.05, 0.1) is 12.7 Å². The van der Waals surface area contributed by atoms with Crippen molar-refractivity contribution in [2.24, 2.45) is 0 Å². The number of carbonyl (C=O) groups excluding carboxylic acids is 2. The fourth-order valence-electron chi connectivity index (χ4n) is 3.00. The first-order chi connectivity index (χ1) is 12.1. The van der Waals surface area contributed by atoms with E-state index in [1.54, 1.807) is 13.2 Å². The van der Waals surface area contributed by atoms with E-state index in [0.717, 1.165) is 40.1 Å². The van der Waals surface area contributed by atoms with Crippen LogP contribution in [0.1, 0.15) is 25.3 Å². The van der Waals surface area contributed by atoms with Gasteiger partial charge >= 0.3 is 5.97 Å². The van der Waals surface area contributed by atoms with Crippen LogP contribution in [0, 0.1) is 0 Å². The highest BCUT2D eigenvalue weighted by molar-refractivity contribution is 6.08. The summed E-state index contributed by atoms with van der Waals surface area (Å²) in [6, 6.07) is 12.1. The minimum absolute atomic E-state index is 0.0715. The van der Waals surface area contributed by atoms with Crippen molar-refractivity contribution >= 4 is 33.6 Å². The predicted octanol–water partition coefficient (Wildman–Crippen LogP) is 3.34. The molecule has 1 aliphatic carbocycles. The van der Waals surface area contributed by atoms with Gasteiger partial charge in [0.2, 0.25) is 0 Å². The third-order valence-corrected chi connectivity index (χ3v) is 4.48. The van der Waals surface area contributed by atoms with E-state index in [0.29, 0.717) is 0 Å². The van der Waals surface area contributed by atoms with Crippen molar-refractivity contribution in [1.29, 1.82) is 0 Å². The fraction of sp³-hybridized carbons (Fsp3) is 0.300. The summed E-state index contributed by atoms with van der Waals surface area (Å²) in [6.45, 7) is 1.60. The third-order valence-electron chi connectivity index (χ3n) is 4.48. The Kier molecular flexibility index (Phi) is 3.92. The summed E-state index contributed by atoms with van der Waals surface area (Å²) in [5.41, 5.74) is 1.51. The average Bonchev–Trinajstić information content (AvgIpc) is 3.33. The van der Waals surface area contributed by atoms with Gasteiger partial charge in [0.25, 0.3) is 5.91 Å². The van der Waals surface area contributed by atoms with Gasteiger partial charge in [-0.1, -0.05) is 30.3 Å². The summed E-state index contributed by atoms with van der Waals surface area (Å²) in [7, 11) is 0. The fourth-order valence-corrected chi connectivity index (χ4v) is 3.00. The maximum absolute atomic E-state index is 12.3. The summed E-state index contributed by atoms with van der Waals surface area (Å²) < 4.78 is 10.9. The molecule has 1 atom stereocenters. The van der Waals surface area contributed by atoms with Crippen LogP contribution in [0.4, 0.5) is 0 Å². The molecule has 1 saturated carbocycles. The number of nitrogens with one attached hydrogen (secondary N) is 1. The van der Waals surface area contributed by atoms with Gasteiger partial charge in [-0.2, -0.15) is 0 Å². The number of fused-ring (bicyclic) bond motifs is 3. The molecule has 1 aliphatic rings. The Morgan fingerprint density at radius 2 is 2.04 bits per heavy atom. The predicted molar refractivity (Wildman–Crippen MR) is 94.1 cm³/mol. The Labute approximate surface area is 144 Å². The maximum atomic E-state index is 12.3. The lowest BCUT2D eigenvalue weighted by Crippen LogP contribution is -2.37.